The summed E-state index contributed by atoms with van der Waals surface area (Å²) in [6.45, 7) is 4.41. The number of methoxy groups -OCH3 is 2. The van der Waals surface area contributed by atoms with Gasteiger partial charge in [-0.05, 0) is 159 Å². The lowest BCUT2D eigenvalue weighted by Crippen LogP contribution is -2.12. The molecule has 0 bridgehead atoms. The fraction of sp³-hybridized carbons (Fsp3) is 0.184. The van der Waals surface area contributed by atoms with Gasteiger partial charge in [0.25, 0.3) is 0 Å². The Balaban J connectivity index is 1.12. The zero-order valence-electron chi connectivity index (χ0n) is 32.1. The van der Waals surface area contributed by atoms with E-state index >= 15 is 0 Å². The van der Waals surface area contributed by atoms with Crippen molar-refractivity contribution in [3.63, 3.8) is 0 Å². The van der Waals surface area contributed by atoms with E-state index in [0.29, 0.717) is 0 Å². The summed E-state index contributed by atoms with van der Waals surface area (Å²) in [6.07, 6.45) is 8.57. The van der Waals surface area contributed by atoms with E-state index in [-0.39, 0.29) is 0 Å². The number of hydrogen-bond acceptors (Lipinski definition) is 5. The summed E-state index contributed by atoms with van der Waals surface area (Å²) >= 11 is 0. The van der Waals surface area contributed by atoms with Gasteiger partial charge in [-0.1, -0.05) is 71.8 Å². The Bertz CT molecular complexity index is 2130. The molecule has 5 heteroatoms. The monoisotopic (exact) mass is 713 g/mol. The van der Waals surface area contributed by atoms with Crippen molar-refractivity contribution in [3.8, 4) is 11.5 Å². The fourth-order valence-corrected chi connectivity index (χ4v) is 6.54. The number of hydrogen-bond donors (Lipinski definition) is 1. The van der Waals surface area contributed by atoms with Crippen molar-refractivity contribution in [2.75, 3.05) is 36.8 Å². The maximum absolute atomic E-state index is 6.09. The molecule has 6 aromatic carbocycles. The average molecular weight is 714 g/mol. The molecule has 0 unspecified atom stereocenters. The van der Waals surface area contributed by atoms with Crippen LogP contribution in [0.2, 0.25) is 0 Å². The Morgan fingerprint density at radius 1 is 0.481 bits per heavy atom. The van der Waals surface area contributed by atoms with Crippen LogP contribution < -0.4 is 25.0 Å². The summed E-state index contributed by atoms with van der Waals surface area (Å²) in [5.41, 5.74) is 20.0. The summed E-state index contributed by atoms with van der Waals surface area (Å²) in [6, 6.07) is 51.0. The predicted octanol–water partition coefficient (Wildman–Crippen LogP) is 12.6. The van der Waals surface area contributed by atoms with Gasteiger partial charge in [-0.2, -0.15) is 0 Å². The third-order valence-electron chi connectivity index (χ3n) is 9.84. The molecule has 0 heterocycles. The largest absolute Gasteiger partial charge is 0.497 e. The van der Waals surface area contributed by atoms with Crippen molar-refractivity contribution in [2.24, 2.45) is 0 Å². The molecule has 0 spiro atoms. The second-order valence-electron chi connectivity index (χ2n) is 13.9. The van der Waals surface area contributed by atoms with Crippen LogP contribution >= 0.6 is 0 Å². The quantitative estimate of drug-likeness (QED) is 0.107. The van der Waals surface area contributed by atoms with Gasteiger partial charge in [0.15, 0.2) is 0 Å². The van der Waals surface area contributed by atoms with Gasteiger partial charge in [0.1, 0.15) is 11.5 Å². The lowest BCUT2D eigenvalue weighted by molar-refractivity contribution is 0.414. The maximum atomic E-state index is 6.09. The van der Waals surface area contributed by atoms with Crippen LogP contribution in [0.4, 0.5) is 34.1 Å². The topological polar surface area (TPSA) is 51.0 Å². The van der Waals surface area contributed by atoms with E-state index in [1.807, 2.05) is 36.4 Å². The zero-order chi connectivity index (χ0) is 37.9. The van der Waals surface area contributed by atoms with Gasteiger partial charge in [0.05, 0.1) is 14.2 Å². The number of benzene rings is 6. The summed E-state index contributed by atoms with van der Waals surface area (Å²) in [5.74, 6) is 1.78. The number of anilines is 6. The molecule has 0 aliphatic carbocycles. The molecule has 2 N–H and O–H groups in total. The Morgan fingerprint density at radius 3 is 1.20 bits per heavy atom. The maximum Gasteiger partial charge on any atom is 0.118 e. The van der Waals surface area contributed by atoms with Gasteiger partial charge in [0.2, 0.25) is 0 Å². The molecule has 0 fully saturated rings. The summed E-state index contributed by atoms with van der Waals surface area (Å²) in [5, 5.41) is 0. The number of ether oxygens (including phenoxy) is 2. The van der Waals surface area contributed by atoms with Crippen molar-refractivity contribution >= 4 is 46.3 Å². The van der Waals surface area contributed by atoms with Crippen molar-refractivity contribution < 1.29 is 9.47 Å². The highest BCUT2D eigenvalue weighted by Crippen LogP contribution is 2.37. The second kappa shape index (κ2) is 18.0. The van der Waals surface area contributed by atoms with E-state index in [0.717, 1.165) is 71.3 Å². The molecule has 0 radical (unpaired) electrons. The van der Waals surface area contributed by atoms with Gasteiger partial charge >= 0.3 is 0 Å². The van der Waals surface area contributed by atoms with Gasteiger partial charge in [-0.15, -0.1) is 0 Å². The van der Waals surface area contributed by atoms with Crippen LogP contribution in [0.3, 0.4) is 0 Å². The SMILES string of the molecule is COc1ccc(CC/C(C)=C\c2ccc(N(C)c3ccc(N(c4ccc(N)cc4)c4ccc(/C=C(/C)CCc5ccc(OC)cc5)cc4)cc3)cc2)cc1. The molecule has 0 saturated heterocycles. The van der Waals surface area contributed by atoms with Crippen molar-refractivity contribution in [2.45, 2.75) is 39.5 Å². The van der Waals surface area contributed by atoms with Gasteiger partial charge in [0, 0.05) is 41.2 Å². The van der Waals surface area contributed by atoms with Crippen LogP contribution in [0.5, 0.6) is 11.5 Å². The third-order valence-corrected chi connectivity index (χ3v) is 9.84. The number of rotatable bonds is 15. The van der Waals surface area contributed by atoms with Crippen LogP contribution in [0.25, 0.3) is 12.2 Å². The zero-order valence-corrected chi connectivity index (χ0v) is 32.1. The Morgan fingerprint density at radius 2 is 0.815 bits per heavy atom. The Labute approximate surface area is 321 Å². The first-order valence-electron chi connectivity index (χ1n) is 18.6. The first kappa shape index (κ1) is 37.6. The Hall–Kier alpha value is -6.20. The molecular weight excluding hydrogens is 663 g/mol. The minimum atomic E-state index is 0.742. The summed E-state index contributed by atoms with van der Waals surface area (Å²) in [4.78, 5) is 4.49. The molecule has 0 amide bonds. The number of nitrogen functional groups attached to an aromatic ring is 1. The molecular formula is C49H51N3O2. The third kappa shape index (κ3) is 10.0. The first-order chi connectivity index (χ1) is 26.3. The Kier molecular flexibility index (Phi) is 12.5. The van der Waals surface area contributed by atoms with Gasteiger partial charge < -0.3 is 25.0 Å². The highest BCUT2D eigenvalue weighted by atomic mass is 16.5. The smallest absolute Gasteiger partial charge is 0.118 e. The van der Waals surface area contributed by atoms with Crippen molar-refractivity contribution in [1.82, 2.24) is 0 Å². The van der Waals surface area contributed by atoms with Crippen LogP contribution in [0.15, 0.2) is 157 Å². The lowest BCUT2D eigenvalue weighted by Gasteiger charge is -2.27. The van der Waals surface area contributed by atoms with Crippen LogP contribution in [-0.2, 0) is 12.8 Å². The van der Waals surface area contributed by atoms with E-state index in [2.05, 4.69) is 152 Å². The van der Waals surface area contributed by atoms with E-state index in [4.69, 9.17) is 15.2 Å². The van der Waals surface area contributed by atoms with E-state index in [1.54, 1.807) is 14.2 Å². The summed E-state index contributed by atoms with van der Waals surface area (Å²) < 4.78 is 10.6. The second-order valence-corrected chi connectivity index (χ2v) is 13.9. The molecule has 5 nitrogen and oxygen atoms in total. The van der Waals surface area contributed by atoms with E-state index in [9.17, 15) is 0 Å². The van der Waals surface area contributed by atoms with Gasteiger partial charge in [-0.25, -0.2) is 0 Å². The standard InChI is InChI=1S/C49H51N3O2/c1-36(6-8-38-14-30-48(53-4)31-15-38)34-40-10-20-43(21-11-40)51(3)44-26-28-47(29-27-44)52(46-24-18-42(50)19-25-46)45-22-12-41(13-23-45)35-37(2)7-9-39-16-32-49(54-5)33-17-39/h10-35H,6-9,50H2,1-5H3/b36-34-,37-35-. The molecule has 0 saturated carbocycles. The first-order valence-corrected chi connectivity index (χ1v) is 18.6. The van der Waals surface area contributed by atoms with E-state index in [1.165, 1.54) is 33.4 Å². The van der Waals surface area contributed by atoms with Crippen LogP contribution in [-0.4, -0.2) is 21.3 Å². The van der Waals surface area contributed by atoms with Crippen LogP contribution in [0.1, 0.15) is 48.9 Å². The van der Waals surface area contributed by atoms with Crippen molar-refractivity contribution in [1.29, 1.82) is 0 Å². The molecule has 6 rings (SSSR count). The molecule has 6 aromatic rings. The number of nitrogens with zero attached hydrogens (tertiary/aromatic N) is 2. The number of allylic oxidation sites excluding steroid dienone is 2. The summed E-state index contributed by atoms with van der Waals surface area (Å²) in [7, 11) is 5.51. The average Bonchev–Trinajstić information content (AvgIpc) is 3.21. The molecule has 274 valence electrons. The number of aryl methyl sites for hydroxylation is 2. The highest BCUT2D eigenvalue weighted by molar-refractivity contribution is 5.79. The van der Waals surface area contributed by atoms with Gasteiger partial charge in [-0.3, -0.25) is 0 Å². The molecule has 54 heavy (non-hydrogen) atoms. The molecule has 0 aromatic heterocycles. The fourth-order valence-electron chi connectivity index (χ4n) is 6.54. The lowest BCUT2D eigenvalue weighted by atomic mass is 10.0. The predicted molar refractivity (Wildman–Crippen MR) is 230 cm³/mol. The minimum absolute atomic E-state index is 0.742. The molecule has 0 aliphatic rings. The normalized spacial score (nSPS) is 11.6. The molecule has 0 aliphatic heterocycles. The van der Waals surface area contributed by atoms with Crippen LogP contribution in [0, 0.1) is 0 Å². The molecule has 0 atom stereocenters. The number of nitrogens with two attached hydrogens (primary N) is 1. The van der Waals surface area contributed by atoms with Crippen molar-refractivity contribution in [3.05, 3.63) is 179 Å². The minimum Gasteiger partial charge on any atom is -0.497 e. The highest BCUT2D eigenvalue weighted by Gasteiger charge is 2.14. The van der Waals surface area contributed by atoms with E-state index < -0.39 is 0 Å².